The Balaban J connectivity index is 1.43. The van der Waals surface area contributed by atoms with Gasteiger partial charge >= 0.3 is 0 Å². The maximum atomic E-state index is 6.45. The molecule has 32 heavy (non-hydrogen) atoms. The van der Waals surface area contributed by atoms with Gasteiger partial charge in [-0.15, -0.1) is 0 Å². The number of halogens is 1. The molecule has 164 valence electrons. The number of hydrogen-bond donors (Lipinski definition) is 0. The molecule has 1 fully saturated rings. The molecule has 2 heterocycles. The van der Waals surface area contributed by atoms with E-state index in [2.05, 4.69) is 48.2 Å². The highest BCUT2D eigenvalue weighted by Crippen LogP contribution is 2.30. The fourth-order valence-corrected chi connectivity index (χ4v) is 4.80. The molecular weight excluding hydrogens is 418 g/mol. The van der Waals surface area contributed by atoms with Crippen molar-refractivity contribution in [1.82, 2.24) is 4.90 Å². The summed E-state index contributed by atoms with van der Waals surface area (Å²) in [6.07, 6.45) is 0.0813. The van der Waals surface area contributed by atoms with E-state index in [0.717, 1.165) is 35.1 Å². The van der Waals surface area contributed by atoms with Crippen LogP contribution in [0.15, 0.2) is 64.6 Å². The third-order valence-corrected chi connectivity index (χ3v) is 6.33. The van der Waals surface area contributed by atoms with Gasteiger partial charge in [0.1, 0.15) is 5.75 Å². The van der Waals surface area contributed by atoms with Crippen molar-refractivity contribution < 1.29 is 4.74 Å². The third-order valence-electron chi connectivity index (χ3n) is 6.04. The van der Waals surface area contributed by atoms with Crippen LogP contribution in [0, 0.1) is 5.92 Å². The molecule has 0 radical (unpaired) electrons. The number of rotatable bonds is 6. The summed E-state index contributed by atoms with van der Waals surface area (Å²) in [5, 5.41) is 3.10. The Kier molecular flexibility index (Phi) is 5.75. The number of ether oxygens (including phenoxy) is 1. The van der Waals surface area contributed by atoms with Crippen LogP contribution >= 0.6 is 11.6 Å². The van der Waals surface area contributed by atoms with Gasteiger partial charge in [-0.2, -0.15) is 0 Å². The van der Waals surface area contributed by atoms with E-state index in [0.29, 0.717) is 17.3 Å². The molecule has 0 amide bonds. The van der Waals surface area contributed by atoms with Gasteiger partial charge in [-0.05, 0) is 59.9 Å². The van der Waals surface area contributed by atoms with E-state index in [1.807, 2.05) is 32.0 Å². The van der Waals surface area contributed by atoms with Crippen molar-refractivity contribution in [2.45, 2.75) is 33.4 Å². The van der Waals surface area contributed by atoms with Crippen LogP contribution in [-0.2, 0) is 6.54 Å². The molecule has 0 aliphatic carbocycles. The van der Waals surface area contributed by atoms with Crippen LogP contribution in [0.3, 0.4) is 0 Å². The zero-order valence-corrected chi connectivity index (χ0v) is 19.6. The zero-order chi connectivity index (χ0) is 22.2. The molecule has 0 aromatic heterocycles. The second-order valence-corrected chi connectivity index (χ2v) is 9.53. The summed E-state index contributed by atoms with van der Waals surface area (Å²) in [5.74, 6) is 2.29. The maximum Gasteiger partial charge on any atom is 0.155 e. The van der Waals surface area contributed by atoms with Crippen LogP contribution in [0.4, 0.5) is 0 Å². The van der Waals surface area contributed by atoms with Crippen LogP contribution in [0.25, 0.3) is 10.8 Å². The Morgan fingerprint density at radius 2 is 1.84 bits per heavy atom. The molecule has 1 saturated heterocycles. The Hall–Kier alpha value is -2.69. The number of amidine groups is 1. The molecule has 3 aromatic rings. The lowest BCUT2D eigenvalue weighted by Crippen LogP contribution is -2.44. The van der Waals surface area contributed by atoms with Crippen molar-refractivity contribution in [2.75, 3.05) is 19.6 Å². The fraction of sp³-hybridized carbons (Fsp3) is 0.333. The third kappa shape index (κ3) is 4.17. The second-order valence-electron chi connectivity index (χ2n) is 9.13. The Bertz CT molecular complexity index is 1220. The predicted molar refractivity (Wildman–Crippen MR) is 134 cm³/mol. The van der Waals surface area contributed by atoms with Gasteiger partial charge in [0.2, 0.25) is 0 Å². The van der Waals surface area contributed by atoms with Crippen molar-refractivity contribution >= 4 is 33.9 Å². The Labute approximate surface area is 194 Å². The lowest BCUT2D eigenvalue weighted by Gasteiger charge is -2.37. The SMILES string of the molecule is CC1CN(Cc2ccc(C3=NCC(c4ccc(OC(C)C)c(Cl)c4)=N3)c3ccccc23)C1. The van der Waals surface area contributed by atoms with Gasteiger partial charge < -0.3 is 4.74 Å². The second kappa shape index (κ2) is 8.68. The quantitative estimate of drug-likeness (QED) is 0.468. The summed E-state index contributed by atoms with van der Waals surface area (Å²) >= 11 is 6.45. The predicted octanol–water partition coefficient (Wildman–Crippen LogP) is 5.98. The van der Waals surface area contributed by atoms with E-state index in [1.165, 1.54) is 29.4 Å². The van der Waals surface area contributed by atoms with Crippen LogP contribution in [-0.4, -0.2) is 42.2 Å². The molecule has 4 nitrogen and oxygen atoms in total. The summed E-state index contributed by atoms with van der Waals surface area (Å²) in [4.78, 5) is 12.2. The molecule has 0 bridgehead atoms. The molecule has 2 aliphatic heterocycles. The molecule has 0 saturated carbocycles. The molecule has 3 aromatic carbocycles. The Morgan fingerprint density at radius 3 is 2.56 bits per heavy atom. The summed E-state index contributed by atoms with van der Waals surface area (Å²) < 4.78 is 5.75. The molecule has 0 atom stereocenters. The number of hydrogen-bond acceptors (Lipinski definition) is 4. The van der Waals surface area contributed by atoms with E-state index in [4.69, 9.17) is 26.3 Å². The Morgan fingerprint density at radius 1 is 1.06 bits per heavy atom. The van der Waals surface area contributed by atoms with Gasteiger partial charge in [0.05, 0.1) is 23.4 Å². The first-order chi connectivity index (χ1) is 15.5. The molecule has 0 N–H and O–H groups in total. The number of benzene rings is 3. The monoisotopic (exact) mass is 445 g/mol. The van der Waals surface area contributed by atoms with Crippen LogP contribution in [0.2, 0.25) is 5.02 Å². The van der Waals surface area contributed by atoms with Crippen molar-refractivity contribution in [3.63, 3.8) is 0 Å². The van der Waals surface area contributed by atoms with Gasteiger partial charge in [0, 0.05) is 25.2 Å². The van der Waals surface area contributed by atoms with Crippen LogP contribution < -0.4 is 4.74 Å². The number of likely N-dealkylation sites (tertiary alicyclic amines) is 1. The summed E-state index contributed by atoms with van der Waals surface area (Å²) in [6, 6.07) is 18.9. The average molecular weight is 446 g/mol. The molecule has 2 aliphatic rings. The lowest BCUT2D eigenvalue weighted by atomic mass is 9.96. The minimum Gasteiger partial charge on any atom is -0.489 e. The summed E-state index contributed by atoms with van der Waals surface area (Å²) in [6.45, 7) is 10.2. The highest BCUT2D eigenvalue weighted by atomic mass is 35.5. The summed E-state index contributed by atoms with van der Waals surface area (Å²) in [7, 11) is 0. The molecule has 5 rings (SSSR count). The first kappa shape index (κ1) is 21.2. The van der Waals surface area contributed by atoms with Gasteiger partial charge in [-0.1, -0.05) is 54.9 Å². The number of nitrogens with zero attached hydrogens (tertiary/aromatic N) is 3. The minimum atomic E-state index is 0.0813. The number of fused-ring (bicyclic) bond motifs is 1. The molecule has 0 spiro atoms. The van der Waals surface area contributed by atoms with E-state index in [9.17, 15) is 0 Å². The van der Waals surface area contributed by atoms with Crippen LogP contribution in [0.1, 0.15) is 37.5 Å². The van der Waals surface area contributed by atoms with E-state index in [1.54, 1.807) is 0 Å². The van der Waals surface area contributed by atoms with Gasteiger partial charge in [-0.3, -0.25) is 9.89 Å². The normalized spacial score (nSPS) is 16.9. The van der Waals surface area contributed by atoms with E-state index in [-0.39, 0.29) is 6.10 Å². The zero-order valence-electron chi connectivity index (χ0n) is 18.8. The summed E-state index contributed by atoms with van der Waals surface area (Å²) in [5.41, 5.74) is 4.37. The first-order valence-electron chi connectivity index (χ1n) is 11.3. The maximum absolute atomic E-state index is 6.45. The van der Waals surface area contributed by atoms with Crippen molar-refractivity contribution in [3.8, 4) is 5.75 Å². The highest BCUT2D eigenvalue weighted by molar-refractivity contribution is 6.32. The first-order valence-corrected chi connectivity index (χ1v) is 11.7. The highest BCUT2D eigenvalue weighted by Gasteiger charge is 2.23. The van der Waals surface area contributed by atoms with Crippen LogP contribution in [0.5, 0.6) is 5.75 Å². The molecule has 0 unspecified atom stereocenters. The fourth-order valence-electron chi connectivity index (χ4n) is 4.57. The number of aliphatic imine (C=N–C) groups is 2. The minimum absolute atomic E-state index is 0.0813. The topological polar surface area (TPSA) is 37.2 Å². The average Bonchev–Trinajstić information content (AvgIpc) is 3.24. The smallest absolute Gasteiger partial charge is 0.155 e. The molecular formula is C27H28ClN3O. The largest absolute Gasteiger partial charge is 0.489 e. The lowest BCUT2D eigenvalue weighted by molar-refractivity contribution is 0.105. The standard InChI is InChI=1S/C27H28ClN3O/c1-17(2)32-26-11-9-19(12-24(26)28)25-13-29-27(30-25)23-10-8-20(16-31-14-18(3)15-31)21-6-4-5-7-22(21)23/h4-12,17-18H,13-16H2,1-3H3. The van der Waals surface area contributed by atoms with E-state index < -0.39 is 0 Å². The molecule has 5 heteroatoms. The van der Waals surface area contributed by atoms with Gasteiger partial charge in [0.15, 0.2) is 5.84 Å². The van der Waals surface area contributed by atoms with Crippen molar-refractivity contribution in [2.24, 2.45) is 15.9 Å². The van der Waals surface area contributed by atoms with Gasteiger partial charge in [-0.25, -0.2) is 4.99 Å². The van der Waals surface area contributed by atoms with E-state index >= 15 is 0 Å². The van der Waals surface area contributed by atoms with Gasteiger partial charge in [0.25, 0.3) is 0 Å². The van der Waals surface area contributed by atoms with Crippen molar-refractivity contribution in [1.29, 1.82) is 0 Å². The van der Waals surface area contributed by atoms with Crippen molar-refractivity contribution in [3.05, 3.63) is 76.3 Å².